The normalized spacial score (nSPS) is 16.7. The van der Waals surface area contributed by atoms with Gasteiger partial charge in [0.15, 0.2) is 5.60 Å². The number of carbonyl (C=O) groups is 3. The molecule has 0 aromatic heterocycles. The van der Waals surface area contributed by atoms with Crippen LogP contribution in [0.15, 0.2) is 0 Å². The van der Waals surface area contributed by atoms with Crippen molar-refractivity contribution in [3.05, 3.63) is 0 Å². The van der Waals surface area contributed by atoms with Crippen molar-refractivity contribution < 1.29 is 34.8 Å². The highest BCUT2D eigenvalue weighted by atomic mass is 16.4. The Morgan fingerprint density at radius 1 is 1.10 bits per heavy atom. The van der Waals surface area contributed by atoms with Gasteiger partial charge in [0.25, 0.3) is 0 Å². The molecule has 7 nitrogen and oxygen atoms in total. The van der Waals surface area contributed by atoms with Gasteiger partial charge in [-0.1, -0.05) is 39.5 Å². The number of hydrogen-bond donors (Lipinski definition) is 4. The van der Waals surface area contributed by atoms with E-state index in [1.165, 1.54) is 0 Å². The molecule has 4 N–H and O–H groups in total. The molecular weight excluding hydrogens is 280 g/mol. The van der Waals surface area contributed by atoms with E-state index >= 15 is 0 Å². The van der Waals surface area contributed by atoms with Crippen molar-refractivity contribution in [1.29, 1.82) is 0 Å². The second-order valence-corrected chi connectivity index (χ2v) is 5.34. The molecule has 0 aromatic rings. The van der Waals surface area contributed by atoms with E-state index in [9.17, 15) is 24.6 Å². The summed E-state index contributed by atoms with van der Waals surface area (Å²) in [5.41, 5.74) is -2.79. The summed E-state index contributed by atoms with van der Waals surface area (Å²) in [5.74, 6) is -6.56. The van der Waals surface area contributed by atoms with Gasteiger partial charge in [0, 0.05) is 0 Å². The molecule has 122 valence electrons. The number of aliphatic hydroxyl groups is 1. The van der Waals surface area contributed by atoms with Crippen LogP contribution in [0.4, 0.5) is 0 Å². The Kier molecular flexibility index (Phi) is 7.94. The standard InChI is InChI=1S/C14H24O7/c1-3-5-6-9(4-2)7-10(12(17)18)14(21,13(19)20)8-11(15)16/h9-10,21H,3-8H2,1-2H3,(H,15,16)(H,17,18)(H,19,20). The number of unbranched alkanes of at least 4 members (excludes halogenated alkanes) is 1. The summed E-state index contributed by atoms with van der Waals surface area (Å²) in [6.07, 6.45) is 1.97. The molecule has 0 radical (unpaired) electrons. The van der Waals surface area contributed by atoms with Crippen LogP contribution in [0.2, 0.25) is 0 Å². The predicted octanol–water partition coefficient (Wildman–Crippen LogP) is 1.58. The Bertz CT molecular complexity index is 380. The Morgan fingerprint density at radius 2 is 1.67 bits per heavy atom. The third-order valence-electron chi connectivity index (χ3n) is 3.78. The third kappa shape index (κ3) is 5.71. The largest absolute Gasteiger partial charge is 0.481 e. The molecule has 0 aromatic carbocycles. The van der Waals surface area contributed by atoms with Gasteiger partial charge < -0.3 is 20.4 Å². The van der Waals surface area contributed by atoms with Crippen LogP contribution in [0.25, 0.3) is 0 Å². The molecule has 0 aliphatic carbocycles. The Hall–Kier alpha value is -1.63. The smallest absolute Gasteiger partial charge is 0.337 e. The first-order valence-electron chi connectivity index (χ1n) is 7.09. The lowest BCUT2D eigenvalue weighted by atomic mass is 9.77. The molecule has 0 rings (SSSR count). The summed E-state index contributed by atoms with van der Waals surface area (Å²) in [6.45, 7) is 3.84. The zero-order valence-electron chi connectivity index (χ0n) is 12.4. The van der Waals surface area contributed by atoms with Gasteiger partial charge in [0.05, 0.1) is 12.3 Å². The fraction of sp³-hybridized carbons (Fsp3) is 0.786. The second kappa shape index (κ2) is 8.61. The lowest BCUT2D eigenvalue weighted by molar-refractivity contribution is -0.180. The fourth-order valence-electron chi connectivity index (χ4n) is 2.39. The molecule has 7 heteroatoms. The molecule has 3 unspecified atom stereocenters. The summed E-state index contributed by atoms with van der Waals surface area (Å²) in [7, 11) is 0. The van der Waals surface area contributed by atoms with Crippen LogP contribution < -0.4 is 0 Å². The highest BCUT2D eigenvalue weighted by molar-refractivity contribution is 5.89. The van der Waals surface area contributed by atoms with Crippen molar-refractivity contribution in [2.45, 2.75) is 58.0 Å². The maximum Gasteiger partial charge on any atom is 0.337 e. The second-order valence-electron chi connectivity index (χ2n) is 5.34. The van der Waals surface area contributed by atoms with Gasteiger partial charge in [0.1, 0.15) is 0 Å². The van der Waals surface area contributed by atoms with Crippen LogP contribution in [-0.4, -0.2) is 43.9 Å². The average molecular weight is 304 g/mol. The third-order valence-corrected chi connectivity index (χ3v) is 3.78. The van der Waals surface area contributed by atoms with Gasteiger partial charge in [-0.15, -0.1) is 0 Å². The van der Waals surface area contributed by atoms with Crippen molar-refractivity contribution in [1.82, 2.24) is 0 Å². The molecular formula is C14H24O7. The Labute approximate surface area is 123 Å². The topological polar surface area (TPSA) is 132 Å². The molecule has 0 saturated carbocycles. The lowest BCUT2D eigenvalue weighted by Crippen LogP contribution is -2.51. The van der Waals surface area contributed by atoms with Gasteiger partial charge in [-0.05, 0) is 12.3 Å². The molecule has 0 amide bonds. The molecule has 0 heterocycles. The van der Waals surface area contributed by atoms with Gasteiger partial charge >= 0.3 is 17.9 Å². The Balaban J connectivity index is 5.28. The molecule has 0 aliphatic rings. The summed E-state index contributed by atoms with van der Waals surface area (Å²) in [4.78, 5) is 33.3. The first kappa shape index (κ1) is 19.4. The van der Waals surface area contributed by atoms with E-state index in [1.54, 1.807) is 0 Å². The highest BCUT2D eigenvalue weighted by Crippen LogP contribution is 2.32. The van der Waals surface area contributed by atoms with Gasteiger partial charge in [-0.25, -0.2) is 4.79 Å². The summed E-state index contributed by atoms with van der Waals surface area (Å²) in [6, 6.07) is 0. The maximum absolute atomic E-state index is 11.3. The first-order valence-corrected chi connectivity index (χ1v) is 7.09. The molecule has 0 saturated heterocycles. The van der Waals surface area contributed by atoms with Crippen molar-refractivity contribution >= 4 is 17.9 Å². The van der Waals surface area contributed by atoms with Crippen molar-refractivity contribution in [3.63, 3.8) is 0 Å². The van der Waals surface area contributed by atoms with Crippen LogP contribution >= 0.6 is 0 Å². The van der Waals surface area contributed by atoms with Gasteiger partial charge in [-0.2, -0.15) is 0 Å². The van der Waals surface area contributed by atoms with Crippen LogP contribution in [0.3, 0.4) is 0 Å². The Morgan fingerprint density at radius 3 is 2.00 bits per heavy atom. The summed E-state index contributed by atoms with van der Waals surface area (Å²) in [5, 5.41) is 37.2. The first-order chi connectivity index (χ1) is 9.68. The van der Waals surface area contributed by atoms with Crippen LogP contribution in [0.5, 0.6) is 0 Å². The van der Waals surface area contributed by atoms with E-state index in [2.05, 4.69) is 0 Å². The van der Waals surface area contributed by atoms with Crippen LogP contribution in [0.1, 0.15) is 52.4 Å². The quantitative estimate of drug-likeness (QED) is 0.455. The number of carboxylic acid groups (broad SMARTS) is 3. The predicted molar refractivity (Wildman–Crippen MR) is 73.9 cm³/mol. The number of carboxylic acids is 3. The fourth-order valence-corrected chi connectivity index (χ4v) is 2.39. The zero-order chi connectivity index (χ0) is 16.6. The molecule has 3 atom stereocenters. The number of hydrogen-bond acceptors (Lipinski definition) is 4. The zero-order valence-corrected chi connectivity index (χ0v) is 12.4. The van der Waals surface area contributed by atoms with E-state index in [-0.39, 0.29) is 12.3 Å². The summed E-state index contributed by atoms with van der Waals surface area (Å²) >= 11 is 0. The molecule has 0 aliphatic heterocycles. The maximum atomic E-state index is 11.3. The van der Waals surface area contributed by atoms with Crippen LogP contribution in [0, 0.1) is 11.8 Å². The SMILES string of the molecule is CCCCC(CC)CC(C(=O)O)C(O)(CC(=O)O)C(=O)O. The van der Waals surface area contributed by atoms with E-state index in [4.69, 9.17) is 10.2 Å². The minimum Gasteiger partial charge on any atom is -0.481 e. The monoisotopic (exact) mass is 304 g/mol. The number of aliphatic carboxylic acids is 3. The molecule has 21 heavy (non-hydrogen) atoms. The van der Waals surface area contributed by atoms with Crippen molar-refractivity contribution in [2.75, 3.05) is 0 Å². The van der Waals surface area contributed by atoms with E-state index in [0.29, 0.717) is 6.42 Å². The van der Waals surface area contributed by atoms with Gasteiger partial charge in [-0.3, -0.25) is 9.59 Å². The minimum atomic E-state index is -2.79. The average Bonchev–Trinajstić information content (AvgIpc) is 2.37. The lowest BCUT2D eigenvalue weighted by Gasteiger charge is -2.30. The van der Waals surface area contributed by atoms with Crippen molar-refractivity contribution in [3.8, 4) is 0 Å². The molecule has 0 bridgehead atoms. The molecule has 0 fully saturated rings. The number of rotatable bonds is 11. The van der Waals surface area contributed by atoms with Crippen molar-refractivity contribution in [2.24, 2.45) is 11.8 Å². The minimum absolute atomic E-state index is 0.0537. The highest BCUT2D eigenvalue weighted by Gasteiger charge is 2.50. The van der Waals surface area contributed by atoms with E-state index < -0.39 is 35.8 Å². The van der Waals surface area contributed by atoms with E-state index in [0.717, 1.165) is 19.3 Å². The van der Waals surface area contributed by atoms with Crippen LogP contribution in [-0.2, 0) is 14.4 Å². The van der Waals surface area contributed by atoms with E-state index in [1.807, 2.05) is 13.8 Å². The van der Waals surface area contributed by atoms with Gasteiger partial charge in [0.2, 0.25) is 0 Å². The molecule has 0 spiro atoms. The summed E-state index contributed by atoms with van der Waals surface area (Å²) < 4.78 is 0.